The number of aryl methyl sites for hydroxylation is 1. The molecule has 2 rings (SSSR count). The van der Waals surface area contributed by atoms with Crippen molar-refractivity contribution < 1.29 is 18.3 Å². The second-order valence-electron chi connectivity index (χ2n) is 3.85. The molecule has 0 aliphatic rings. The summed E-state index contributed by atoms with van der Waals surface area (Å²) in [6.07, 6.45) is 2.30. The number of hydrogen-bond acceptors (Lipinski definition) is 3. The fourth-order valence-corrected chi connectivity index (χ4v) is 2.68. The minimum absolute atomic E-state index is 0. The van der Waals surface area contributed by atoms with Crippen LogP contribution in [0, 0.1) is 6.92 Å². The molecule has 1 N–H and O–H groups in total. The van der Waals surface area contributed by atoms with Gasteiger partial charge in [-0.3, -0.25) is 0 Å². The van der Waals surface area contributed by atoms with E-state index in [-0.39, 0.29) is 22.9 Å². The van der Waals surface area contributed by atoms with Gasteiger partial charge in [0, 0.05) is 12.4 Å². The molecular formula is C12H12ClNO4S. The maximum atomic E-state index is 12.2. The molecule has 0 bridgehead atoms. The molecule has 2 aromatic rings. The van der Waals surface area contributed by atoms with Crippen molar-refractivity contribution in [3.63, 3.8) is 0 Å². The van der Waals surface area contributed by atoms with Gasteiger partial charge in [-0.15, -0.1) is 12.4 Å². The Labute approximate surface area is 117 Å². The van der Waals surface area contributed by atoms with Gasteiger partial charge in [-0.05, 0) is 25.1 Å². The summed E-state index contributed by atoms with van der Waals surface area (Å²) in [5, 5.41) is 8.76. The van der Waals surface area contributed by atoms with Crippen molar-refractivity contribution >= 4 is 28.4 Å². The smallest absolute Gasteiger partial charge is 0.337 e. The largest absolute Gasteiger partial charge is 0.478 e. The first-order chi connectivity index (χ1) is 8.41. The first kappa shape index (κ1) is 15.3. The van der Waals surface area contributed by atoms with Crippen molar-refractivity contribution in [1.82, 2.24) is 3.97 Å². The standard InChI is InChI=1S/C12H11NO4S.ClH/c1-9-2-4-11(5-3-9)18(16,17)13-7-6-10(8-13)12(14)15;/h2-8H,1H3,(H,14,15);1H. The van der Waals surface area contributed by atoms with E-state index in [0.717, 1.165) is 15.7 Å². The number of aromatic carboxylic acids is 1. The number of carboxylic acid groups (broad SMARTS) is 1. The highest BCUT2D eigenvalue weighted by Crippen LogP contribution is 2.15. The van der Waals surface area contributed by atoms with Crippen LogP contribution in [-0.4, -0.2) is 23.5 Å². The van der Waals surface area contributed by atoms with Crippen molar-refractivity contribution in [2.45, 2.75) is 11.8 Å². The Kier molecular flexibility index (Phi) is 4.39. The number of carboxylic acids is 1. The Morgan fingerprint density at radius 3 is 2.21 bits per heavy atom. The summed E-state index contributed by atoms with van der Waals surface area (Å²) in [6.45, 7) is 1.86. The average Bonchev–Trinajstić information content (AvgIpc) is 2.79. The Balaban J connectivity index is 0.00000180. The zero-order valence-electron chi connectivity index (χ0n) is 9.98. The van der Waals surface area contributed by atoms with E-state index in [4.69, 9.17) is 5.11 Å². The lowest BCUT2D eigenvalue weighted by Gasteiger charge is -2.05. The van der Waals surface area contributed by atoms with Gasteiger partial charge in [-0.25, -0.2) is 17.2 Å². The van der Waals surface area contributed by atoms with E-state index in [1.807, 2.05) is 6.92 Å². The lowest BCUT2D eigenvalue weighted by atomic mass is 10.2. The summed E-state index contributed by atoms with van der Waals surface area (Å²) in [4.78, 5) is 10.8. The third kappa shape index (κ3) is 2.97. The van der Waals surface area contributed by atoms with Crippen LogP contribution in [0.2, 0.25) is 0 Å². The van der Waals surface area contributed by atoms with Gasteiger partial charge in [0.2, 0.25) is 0 Å². The number of benzene rings is 1. The number of rotatable bonds is 3. The van der Waals surface area contributed by atoms with Gasteiger partial charge in [0.1, 0.15) is 0 Å². The highest BCUT2D eigenvalue weighted by atomic mass is 35.5. The van der Waals surface area contributed by atoms with Gasteiger partial charge in [-0.1, -0.05) is 17.7 Å². The Bertz CT molecular complexity index is 689. The Morgan fingerprint density at radius 1 is 1.16 bits per heavy atom. The molecule has 0 unspecified atom stereocenters. The predicted octanol–water partition coefficient (Wildman–Crippen LogP) is 2.15. The summed E-state index contributed by atoms with van der Waals surface area (Å²) in [7, 11) is -3.72. The van der Waals surface area contributed by atoms with E-state index >= 15 is 0 Å². The van der Waals surface area contributed by atoms with Gasteiger partial charge in [0.25, 0.3) is 10.0 Å². The van der Waals surface area contributed by atoms with E-state index in [9.17, 15) is 13.2 Å². The second-order valence-corrected chi connectivity index (χ2v) is 5.70. The second kappa shape index (κ2) is 5.46. The zero-order chi connectivity index (χ0) is 13.3. The fourth-order valence-electron chi connectivity index (χ4n) is 1.48. The number of aromatic nitrogens is 1. The summed E-state index contributed by atoms with van der Waals surface area (Å²) in [5.74, 6) is -1.16. The summed E-state index contributed by atoms with van der Waals surface area (Å²) in [6, 6.07) is 7.60. The third-order valence-electron chi connectivity index (χ3n) is 2.51. The van der Waals surface area contributed by atoms with E-state index in [1.165, 1.54) is 24.4 Å². The summed E-state index contributed by atoms with van der Waals surface area (Å²) >= 11 is 0. The third-order valence-corrected chi connectivity index (χ3v) is 4.16. The van der Waals surface area contributed by atoms with Crippen molar-refractivity contribution in [1.29, 1.82) is 0 Å². The van der Waals surface area contributed by atoms with Gasteiger partial charge >= 0.3 is 5.97 Å². The minimum Gasteiger partial charge on any atom is -0.478 e. The zero-order valence-corrected chi connectivity index (χ0v) is 11.6. The van der Waals surface area contributed by atoms with Crippen molar-refractivity contribution in [3.05, 3.63) is 53.9 Å². The Morgan fingerprint density at radius 2 is 1.74 bits per heavy atom. The molecule has 19 heavy (non-hydrogen) atoms. The molecule has 0 aliphatic carbocycles. The first-order valence-corrected chi connectivity index (χ1v) is 6.59. The minimum atomic E-state index is -3.72. The van der Waals surface area contributed by atoms with E-state index < -0.39 is 16.0 Å². The molecule has 0 amide bonds. The topological polar surface area (TPSA) is 76.4 Å². The van der Waals surface area contributed by atoms with Crippen LogP contribution < -0.4 is 0 Å². The molecule has 0 aliphatic heterocycles. The highest BCUT2D eigenvalue weighted by molar-refractivity contribution is 7.90. The number of hydrogen-bond donors (Lipinski definition) is 1. The van der Waals surface area contributed by atoms with Gasteiger partial charge in [0.05, 0.1) is 10.5 Å². The highest BCUT2D eigenvalue weighted by Gasteiger charge is 2.17. The molecule has 1 heterocycles. The Hall–Kier alpha value is -1.79. The van der Waals surface area contributed by atoms with Crippen LogP contribution in [0.1, 0.15) is 15.9 Å². The van der Waals surface area contributed by atoms with Crippen LogP contribution >= 0.6 is 12.4 Å². The first-order valence-electron chi connectivity index (χ1n) is 5.15. The van der Waals surface area contributed by atoms with Crippen LogP contribution in [0.25, 0.3) is 0 Å². The lowest BCUT2D eigenvalue weighted by molar-refractivity contribution is 0.0697. The van der Waals surface area contributed by atoms with Crippen LogP contribution in [-0.2, 0) is 10.0 Å². The molecule has 0 atom stereocenters. The molecule has 1 aromatic heterocycles. The molecule has 0 saturated heterocycles. The molecule has 0 spiro atoms. The van der Waals surface area contributed by atoms with E-state index in [0.29, 0.717) is 0 Å². The molecular weight excluding hydrogens is 290 g/mol. The molecule has 1 aromatic carbocycles. The molecule has 7 heteroatoms. The lowest BCUT2D eigenvalue weighted by Crippen LogP contribution is -2.11. The number of halogens is 1. The predicted molar refractivity (Wildman–Crippen MR) is 72.4 cm³/mol. The molecule has 0 saturated carbocycles. The van der Waals surface area contributed by atoms with Crippen LogP contribution in [0.5, 0.6) is 0 Å². The number of nitrogens with zero attached hydrogens (tertiary/aromatic N) is 1. The van der Waals surface area contributed by atoms with Crippen LogP contribution in [0.3, 0.4) is 0 Å². The van der Waals surface area contributed by atoms with Crippen LogP contribution in [0.15, 0.2) is 47.6 Å². The van der Waals surface area contributed by atoms with Gasteiger partial charge in [-0.2, -0.15) is 0 Å². The normalized spacial score (nSPS) is 10.8. The summed E-state index contributed by atoms with van der Waals surface area (Å²) < 4.78 is 25.2. The maximum absolute atomic E-state index is 12.2. The monoisotopic (exact) mass is 301 g/mol. The van der Waals surface area contributed by atoms with E-state index in [1.54, 1.807) is 12.1 Å². The molecule has 0 fully saturated rings. The summed E-state index contributed by atoms with van der Waals surface area (Å²) in [5.41, 5.74) is 0.887. The van der Waals surface area contributed by atoms with Gasteiger partial charge in [0.15, 0.2) is 0 Å². The quantitative estimate of drug-likeness (QED) is 0.942. The van der Waals surface area contributed by atoms with Crippen molar-refractivity contribution in [2.24, 2.45) is 0 Å². The molecule has 5 nitrogen and oxygen atoms in total. The van der Waals surface area contributed by atoms with E-state index in [2.05, 4.69) is 0 Å². The average molecular weight is 302 g/mol. The van der Waals surface area contributed by atoms with Crippen molar-refractivity contribution in [3.8, 4) is 0 Å². The molecule has 102 valence electrons. The fraction of sp³-hybridized carbons (Fsp3) is 0.0833. The van der Waals surface area contributed by atoms with Crippen LogP contribution in [0.4, 0.5) is 0 Å². The van der Waals surface area contributed by atoms with Gasteiger partial charge < -0.3 is 5.11 Å². The SMILES string of the molecule is Cc1ccc(S(=O)(=O)n2ccc(C(=O)O)c2)cc1.Cl. The maximum Gasteiger partial charge on any atom is 0.337 e. The molecule has 0 radical (unpaired) electrons. The van der Waals surface area contributed by atoms with Crippen molar-refractivity contribution in [2.75, 3.05) is 0 Å². The number of carbonyl (C=O) groups is 1.